The minimum absolute atomic E-state index is 0.595. The van der Waals surface area contributed by atoms with Gasteiger partial charge in [0.2, 0.25) is 0 Å². The number of aryl methyl sites for hydroxylation is 1. The quantitative estimate of drug-likeness (QED) is 0.856. The van der Waals surface area contributed by atoms with Crippen LogP contribution in [-0.4, -0.2) is 25.2 Å². The van der Waals surface area contributed by atoms with Gasteiger partial charge in [-0.3, -0.25) is 4.98 Å². The van der Waals surface area contributed by atoms with E-state index in [4.69, 9.17) is 4.74 Å². The van der Waals surface area contributed by atoms with Crippen molar-refractivity contribution < 1.29 is 4.74 Å². The fourth-order valence-corrected chi connectivity index (χ4v) is 3.09. The normalized spacial score (nSPS) is 18.6. The van der Waals surface area contributed by atoms with Gasteiger partial charge in [0.15, 0.2) is 0 Å². The predicted molar refractivity (Wildman–Crippen MR) is 86.2 cm³/mol. The summed E-state index contributed by atoms with van der Waals surface area (Å²) in [6, 6.07) is 12.8. The third kappa shape index (κ3) is 3.18. The van der Waals surface area contributed by atoms with Crippen LogP contribution in [-0.2, 0) is 0 Å². The number of piperidine rings is 1. The average molecular weight is 282 g/mol. The van der Waals surface area contributed by atoms with Crippen molar-refractivity contribution >= 4 is 5.69 Å². The van der Waals surface area contributed by atoms with Crippen LogP contribution in [0.3, 0.4) is 0 Å². The molecule has 0 bridgehead atoms. The van der Waals surface area contributed by atoms with E-state index in [2.05, 4.69) is 53.2 Å². The van der Waals surface area contributed by atoms with Crippen molar-refractivity contribution in [2.24, 2.45) is 0 Å². The lowest BCUT2D eigenvalue weighted by molar-refractivity contribution is 0.414. The minimum atomic E-state index is 0.595. The summed E-state index contributed by atoms with van der Waals surface area (Å²) in [7, 11) is 1.71. The Balaban J connectivity index is 1.75. The van der Waals surface area contributed by atoms with E-state index in [0.717, 1.165) is 24.5 Å². The molecule has 0 radical (unpaired) electrons. The number of rotatable bonds is 3. The molecule has 1 aromatic heterocycles. The van der Waals surface area contributed by atoms with Crippen LogP contribution in [0.2, 0.25) is 0 Å². The van der Waals surface area contributed by atoms with Crippen LogP contribution in [0.1, 0.15) is 30.0 Å². The molecule has 2 heterocycles. The van der Waals surface area contributed by atoms with Crippen LogP contribution in [0.25, 0.3) is 0 Å². The highest BCUT2D eigenvalue weighted by molar-refractivity contribution is 5.47. The molecular formula is C18H22N2O. The van der Waals surface area contributed by atoms with Crippen molar-refractivity contribution in [3.05, 3.63) is 53.9 Å². The summed E-state index contributed by atoms with van der Waals surface area (Å²) in [5.74, 6) is 1.52. The Hall–Kier alpha value is -2.03. The highest BCUT2D eigenvalue weighted by atomic mass is 16.5. The van der Waals surface area contributed by atoms with Gasteiger partial charge >= 0.3 is 0 Å². The number of pyridine rings is 1. The summed E-state index contributed by atoms with van der Waals surface area (Å²) in [5, 5.41) is 0. The van der Waals surface area contributed by atoms with Gasteiger partial charge in [-0.15, -0.1) is 0 Å². The summed E-state index contributed by atoms with van der Waals surface area (Å²) in [6.07, 6.45) is 4.40. The van der Waals surface area contributed by atoms with Gasteiger partial charge in [-0.1, -0.05) is 12.1 Å². The molecule has 3 heteroatoms. The highest BCUT2D eigenvalue weighted by Gasteiger charge is 2.21. The molecule has 3 rings (SSSR count). The molecule has 1 aliphatic rings. The van der Waals surface area contributed by atoms with Crippen LogP contribution < -0.4 is 9.64 Å². The van der Waals surface area contributed by atoms with Crippen LogP contribution in [0.5, 0.6) is 5.75 Å². The number of hydrogen-bond acceptors (Lipinski definition) is 3. The SMILES string of the molecule is COc1ccc(C2CCCN(c3ccnc(C)c3)C2)cc1. The first-order valence-electron chi connectivity index (χ1n) is 7.58. The second-order valence-corrected chi connectivity index (χ2v) is 5.71. The lowest BCUT2D eigenvalue weighted by Crippen LogP contribution is -2.34. The maximum atomic E-state index is 5.24. The maximum absolute atomic E-state index is 5.24. The molecule has 1 aliphatic heterocycles. The largest absolute Gasteiger partial charge is 0.497 e. The molecule has 1 atom stereocenters. The molecule has 1 unspecified atom stereocenters. The number of aromatic nitrogens is 1. The standard InChI is InChI=1S/C18H22N2O/c1-14-12-17(9-10-19-14)20-11-3-4-16(13-20)15-5-7-18(21-2)8-6-15/h5-10,12,16H,3-4,11,13H2,1-2H3. The van der Waals surface area contributed by atoms with E-state index in [-0.39, 0.29) is 0 Å². The van der Waals surface area contributed by atoms with Gasteiger partial charge in [-0.05, 0) is 49.6 Å². The topological polar surface area (TPSA) is 25.4 Å². The van der Waals surface area contributed by atoms with E-state index in [1.165, 1.54) is 24.1 Å². The zero-order valence-corrected chi connectivity index (χ0v) is 12.7. The van der Waals surface area contributed by atoms with Gasteiger partial charge in [0.1, 0.15) is 5.75 Å². The summed E-state index contributed by atoms with van der Waals surface area (Å²) in [4.78, 5) is 6.77. The van der Waals surface area contributed by atoms with Crippen molar-refractivity contribution in [3.63, 3.8) is 0 Å². The van der Waals surface area contributed by atoms with Gasteiger partial charge in [-0.25, -0.2) is 0 Å². The Morgan fingerprint density at radius 2 is 2.00 bits per heavy atom. The van der Waals surface area contributed by atoms with E-state index in [9.17, 15) is 0 Å². The van der Waals surface area contributed by atoms with E-state index in [0.29, 0.717) is 5.92 Å². The second kappa shape index (κ2) is 6.17. The molecule has 0 N–H and O–H groups in total. The molecule has 1 aromatic carbocycles. The third-order valence-corrected chi connectivity index (χ3v) is 4.25. The number of ether oxygens (including phenoxy) is 1. The van der Waals surface area contributed by atoms with Crippen LogP contribution >= 0.6 is 0 Å². The number of hydrogen-bond donors (Lipinski definition) is 0. The van der Waals surface area contributed by atoms with Crippen molar-refractivity contribution in [2.45, 2.75) is 25.7 Å². The van der Waals surface area contributed by atoms with Crippen LogP contribution in [0.15, 0.2) is 42.6 Å². The molecule has 0 spiro atoms. The Labute approximate surface area is 126 Å². The summed E-state index contributed by atoms with van der Waals surface area (Å²) in [6.45, 7) is 4.26. The van der Waals surface area contributed by atoms with Gasteiger partial charge in [0.25, 0.3) is 0 Å². The Morgan fingerprint density at radius 1 is 1.19 bits per heavy atom. The maximum Gasteiger partial charge on any atom is 0.118 e. The van der Waals surface area contributed by atoms with Crippen molar-refractivity contribution in [1.29, 1.82) is 0 Å². The molecular weight excluding hydrogens is 260 g/mol. The Kier molecular flexibility index (Phi) is 4.09. The van der Waals surface area contributed by atoms with Crippen molar-refractivity contribution in [2.75, 3.05) is 25.1 Å². The molecule has 21 heavy (non-hydrogen) atoms. The van der Waals surface area contributed by atoms with Crippen molar-refractivity contribution in [3.8, 4) is 5.75 Å². The lowest BCUT2D eigenvalue weighted by atomic mass is 9.90. The molecule has 3 nitrogen and oxygen atoms in total. The molecule has 2 aromatic rings. The molecule has 110 valence electrons. The lowest BCUT2D eigenvalue weighted by Gasteiger charge is -2.34. The summed E-state index contributed by atoms with van der Waals surface area (Å²) >= 11 is 0. The van der Waals surface area contributed by atoms with Gasteiger partial charge < -0.3 is 9.64 Å². The highest BCUT2D eigenvalue weighted by Crippen LogP contribution is 2.30. The van der Waals surface area contributed by atoms with Crippen molar-refractivity contribution in [1.82, 2.24) is 4.98 Å². The predicted octanol–water partition coefficient (Wildman–Crippen LogP) is 3.78. The zero-order valence-electron chi connectivity index (χ0n) is 12.7. The number of benzene rings is 1. The second-order valence-electron chi connectivity index (χ2n) is 5.71. The Morgan fingerprint density at radius 3 is 2.71 bits per heavy atom. The third-order valence-electron chi connectivity index (χ3n) is 4.25. The van der Waals surface area contributed by atoms with E-state index in [1.807, 2.05) is 6.20 Å². The fraction of sp³-hybridized carbons (Fsp3) is 0.389. The molecule has 0 saturated carbocycles. The van der Waals surface area contributed by atoms with Crippen LogP contribution in [0, 0.1) is 6.92 Å². The number of nitrogens with zero attached hydrogens (tertiary/aromatic N) is 2. The van der Waals surface area contributed by atoms with E-state index < -0.39 is 0 Å². The molecule has 0 aliphatic carbocycles. The fourth-order valence-electron chi connectivity index (χ4n) is 3.09. The van der Waals surface area contributed by atoms with Gasteiger partial charge in [0, 0.05) is 36.6 Å². The van der Waals surface area contributed by atoms with Crippen LogP contribution in [0.4, 0.5) is 5.69 Å². The average Bonchev–Trinajstić information content (AvgIpc) is 2.55. The first kappa shape index (κ1) is 13.9. The van der Waals surface area contributed by atoms with Gasteiger partial charge in [0.05, 0.1) is 7.11 Å². The zero-order chi connectivity index (χ0) is 14.7. The summed E-state index contributed by atoms with van der Waals surface area (Å²) in [5.41, 5.74) is 3.78. The number of methoxy groups -OCH3 is 1. The summed E-state index contributed by atoms with van der Waals surface area (Å²) < 4.78 is 5.24. The molecule has 1 saturated heterocycles. The first-order chi connectivity index (χ1) is 10.3. The smallest absolute Gasteiger partial charge is 0.118 e. The monoisotopic (exact) mass is 282 g/mol. The molecule has 0 amide bonds. The first-order valence-corrected chi connectivity index (χ1v) is 7.58. The van der Waals surface area contributed by atoms with E-state index >= 15 is 0 Å². The molecule has 1 fully saturated rings. The van der Waals surface area contributed by atoms with Gasteiger partial charge in [-0.2, -0.15) is 0 Å². The minimum Gasteiger partial charge on any atom is -0.497 e. The van der Waals surface area contributed by atoms with E-state index in [1.54, 1.807) is 7.11 Å². The number of anilines is 1. The Bertz CT molecular complexity index is 594.